The van der Waals surface area contributed by atoms with Crippen molar-refractivity contribution < 1.29 is 13.5 Å². The molecule has 0 aliphatic carbocycles. The largest absolute Gasteiger partial charge is 0.496 e. The van der Waals surface area contributed by atoms with Crippen LogP contribution in [0.4, 0.5) is 8.78 Å². The summed E-state index contributed by atoms with van der Waals surface area (Å²) in [4.78, 5) is 0. The van der Waals surface area contributed by atoms with Gasteiger partial charge in [0.2, 0.25) is 0 Å². The van der Waals surface area contributed by atoms with E-state index in [-0.39, 0.29) is 6.04 Å². The van der Waals surface area contributed by atoms with Crippen molar-refractivity contribution in [3.8, 4) is 5.75 Å². The molecule has 1 unspecified atom stereocenters. The zero-order valence-corrected chi connectivity index (χ0v) is 12.3. The Morgan fingerprint density at radius 2 is 1.76 bits per heavy atom. The smallest absolute Gasteiger partial charge is 0.126 e. The van der Waals surface area contributed by atoms with Crippen molar-refractivity contribution in [2.24, 2.45) is 5.73 Å². The van der Waals surface area contributed by atoms with Gasteiger partial charge in [-0.05, 0) is 54.3 Å². The van der Waals surface area contributed by atoms with Crippen molar-refractivity contribution in [2.45, 2.75) is 18.9 Å². The van der Waals surface area contributed by atoms with Crippen LogP contribution >= 0.6 is 11.6 Å². The second-order valence-electron chi connectivity index (χ2n) is 4.90. The fourth-order valence-corrected chi connectivity index (χ4v) is 2.49. The molecular formula is C16H16ClF2NO. The van der Waals surface area contributed by atoms with Crippen molar-refractivity contribution in [1.82, 2.24) is 0 Å². The lowest BCUT2D eigenvalue weighted by Crippen LogP contribution is -2.25. The van der Waals surface area contributed by atoms with E-state index in [9.17, 15) is 8.78 Å². The summed E-state index contributed by atoms with van der Waals surface area (Å²) in [7, 11) is 1.57. The van der Waals surface area contributed by atoms with Gasteiger partial charge in [-0.1, -0.05) is 11.6 Å². The Labute approximate surface area is 127 Å². The van der Waals surface area contributed by atoms with E-state index < -0.39 is 11.6 Å². The molecule has 0 aliphatic heterocycles. The average molecular weight is 312 g/mol. The molecule has 5 heteroatoms. The molecule has 112 valence electrons. The first kappa shape index (κ1) is 15.7. The average Bonchev–Trinajstić information content (AvgIpc) is 2.37. The van der Waals surface area contributed by atoms with Crippen LogP contribution in [0.5, 0.6) is 5.75 Å². The molecule has 0 fully saturated rings. The molecule has 0 heterocycles. The van der Waals surface area contributed by atoms with E-state index in [1.165, 1.54) is 12.1 Å². The third-order valence-corrected chi connectivity index (χ3v) is 3.38. The molecule has 0 aromatic heterocycles. The second kappa shape index (κ2) is 6.87. The Morgan fingerprint density at radius 1 is 1.10 bits per heavy atom. The van der Waals surface area contributed by atoms with Gasteiger partial charge in [0.25, 0.3) is 0 Å². The quantitative estimate of drug-likeness (QED) is 0.913. The van der Waals surface area contributed by atoms with Crippen LogP contribution in [-0.2, 0) is 12.8 Å². The third kappa shape index (κ3) is 4.41. The predicted molar refractivity (Wildman–Crippen MR) is 79.7 cm³/mol. The van der Waals surface area contributed by atoms with Gasteiger partial charge in [0.05, 0.1) is 7.11 Å². The van der Waals surface area contributed by atoms with Crippen LogP contribution in [0.3, 0.4) is 0 Å². The minimum Gasteiger partial charge on any atom is -0.496 e. The van der Waals surface area contributed by atoms with Gasteiger partial charge < -0.3 is 10.5 Å². The van der Waals surface area contributed by atoms with Crippen LogP contribution in [0.1, 0.15) is 11.1 Å². The summed E-state index contributed by atoms with van der Waals surface area (Å²) < 4.78 is 31.6. The molecule has 0 aliphatic rings. The molecule has 2 aromatic rings. The lowest BCUT2D eigenvalue weighted by molar-refractivity contribution is 0.407. The van der Waals surface area contributed by atoms with E-state index in [2.05, 4.69) is 0 Å². The minimum atomic E-state index is -0.600. The van der Waals surface area contributed by atoms with Crippen LogP contribution in [-0.4, -0.2) is 13.2 Å². The highest BCUT2D eigenvalue weighted by Crippen LogP contribution is 2.24. The molecule has 0 spiro atoms. The molecule has 1 atom stereocenters. The number of hydrogen-bond donors (Lipinski definition) is 1. The van der Waals surface area contributed by atoms with Crippen molar-refractivity contribution in [2.75, 3.05) is 7.11 Å². The maximum atomic E-state index is 13.2. The number of methoxy groups -OCH3 is 1. The fraction of sp³-hybridized carbons (Fsp3) is 0.250. The Morgan fingerprint density at radius 3 is 2.38 bits per heavy atom. The highest BCUT2D eigenvalue weighted by molar-refractivity contribution is 6.30. The van der Waals surface area contributed by atoms with Gasteiger partial charge in [0.15, 0.2) is 0 Å². The number of halogens is 3. The lowest BCUT2D eigenvalue weighted by atomic mass is 9.99. The van der Waals surface area contributed by atoms with Gasteiger partial charge in [-0.25, -0.2) is 8.78 Å². The Bertz CT molecular complexity index is 613. The molecule has 0 bridgehead atoms. The van der Waals surface area contributed by atoms with Crippen molar-refractivity contribution >= 4 is 11.6 Å². The van der Waals surface area contributed by atoms with E-state index in [4.69, 9.17) is 22.1 Å². The molecule has 2 aromatic carbocycles. The summed E-state index contributed by atoms with van der Waals surface area (Å²) in [5, 5.41) is 0.592. The lowest BCUT2D eigenvalue weighted by Gasteiger charge is -2.15. The topological polar surface area (TPSA) is 35.2 Å². The monoisotopic (exact) mass is 311 g/mol. The van der Waals surface area contributed by atoms with E-state index in [0.717, 1.165) is 11.6 Å². The summed E-state index contributed by atoms with van der Waals surface area (Å²) in [6.45, 7) is 0. The first-order valence-corrected chi connectivity index (χ1v) is 6.88. The normalized spacial score (nSPS) is 12.2. The maximum Gasteiger partial charge on any atom is 0.126 e. The first-order chi connectivity index (χ1) is 9.97. The summed E-state index contributed by atoms with van der Waals surface area (Å²) in [5.74, 6) is -0.504. The van der Waals surface area contributed by atoms with Crippen molar-refractivity contribution in [1.29, 1.82) is 0 Å². The zero-order valence-electron chi connectivity index (χ0n) is 11.6. The highest BCUT2D eigenvalue weighted by Gasteiger charge is 2.11. The molecule has 0 radical (unpaired) electrons. The number of rotatable bonds is 5. The number of hydrogen-bond acceptors (Lipinski definition) is 2. The Hall–Kier alpha value is -1.65. The first-order valence-electron chi connectivity index (χ1n) is 6.51. The summed E-state index contributed by atoms with van der Waals surface area (Å²) in [6.07, 6.45) is 0.867. The van der Waals surface area contributed by atoms with Crippen LogP contribution in [0.2, 0.25) is 5.02 Å². The summed E-state index contributed by atoms with van der Waals surface area (Å²) >= 11 is 5.96. The molecule has 0 saturated carbocycles. The van der Waals surface area contributed by atoms with Gasteiger partial charge in [-0.2, -0.15) is 0 Å². The molecule has 2 rings (SSSR count). The van der Waals surface area contributed by atoms with Gasteiger partial charge in [-0.3, -0.25) is 0 Å². The van der Waals surface area contributed by atoms with Gasteiger partial charge in [0.1, 0.15) is 17.4 Å². The second-order valence-corrected chi connectivity index (χ2v) is 5.34. The maximum absolute atomic E-state index is 13.2. The van der Waals surface area contributed by atoms with Crippen molar-refractivity contribution in [3.63, 3.8) is 0 Å². The zero-order chi connectivity index (χ0) is 15.4. The summed E-state index contributed by atoms with van der Waals surface area (Å²) in [5.41, 5.74) is 7.47. The highest BCUT2D eigenvalue weighted by atomic mass is 35.5. The van der Waals surface area contributed by atoms with Gasteiger partial charge in [-0.15, -0.1) is 0 Å². The van der Waals surface area contributed by atoms with Gasteiger partial charge >= 0.3 is 0 Å². The minimum absolute atomic E-state index is 0.293. The standard InChI is InChI=1S/C16H16ClF2NO/c1-21-16-3-2-12(17)7-11(16)8-15(20)6-10-4-13(18)9-14(19)5-10/h2-5,7,9,15H,6,8,20H2,1H3. The predicted octanol–water partition coefficient (Wildman–Crippen LogP) is 3.74. The van der Waals surface area contributed by atoms with E-state index >= 15 is 0 Å². The van der Waals surface area contributed by atoms with Crippen LogP contribution in [0.15, 0.2) is 36.4 Å². The molecule has 0 amide bonds. The molecule has 2 nitrogen and oxygen atoms in total. The SMILES string of the molecule is COc1ccc(Cl)cc1CC(N)Cc1cc(F)cc(F)c1. The summed E-state index contributed by atoms with van der Waals surface area (Å²) in [6, 6.07) is 8.42. The molecule has 2 N–H and O–H groups in total. The molecule has 21 heavy (non-hydrogen) atoms. The number of nitrogens with two attached hydrogens (primary N) is 1. The van der Waals surface area contributed by atoms with Gasteiger partial charge in [0, 0.05) is 17.1 Å². The van der Waals surface area contributed by atoms with Crippen LogP contribution in [0, 0.1) is 11.6 Å². The van der Waals surface area contributed by atoms with E-state index in [0.29, 0.717) is 29.2 Å². The van der Waals surface area contributed by atoms with E-state index in [1.54, 1.807) is 25.3 Å². The van der Waals surface area contributed by atoms with E-state index in [1.807, 2.05) is 0 Å². The van der Waals surface area contributed by atoms with Crippen LogP contribution < -0.4 is 10.5 Å². The fourth-order valence-electron chi connectivity index (χ4n) is 2.29. The Balaban J connectivity index is 2.11. The number of ether oxygens (including phenoxy) is 1. The van der Waals surface area contributed by atoms with Crippen molar-refractivity contribution in [3.05, 3.63) is 64.2 Å². The molecular weight excluding hydrogens is 296 g/mol. The Kier molecular flexibility index (Phi) is 5.15. The number of benzene rings is 2. The van der Waals surface area contributed by atoms with Crippen LogP contribution in [0.25, 0.3) is 0 Å². The molecule has 0 saturated heterocycles. The third-order valence-electron chi connectivity index (χ3n) is 3.14.